The van der Waals surface area contributed by atoms with Crippen molar-refractivity contribution in [2.75, 3.05) is 0 Å². The maximum absolute atomic E-state index is 12.3. The van der Waals surface area contributed by atoms with Crippen molar-refractivity contribution in [3.63, 3.8) is 0 Å². The Morgan fingerprint density at radius 1 is 0.909 bits per heavy atom. The van der Waals surface area contributed by atoms with Crippen LogP contribution in [0.5, 0.6) is 0 Å². The first-order valence-corrected chi connectivity index (χ1v) is 7.22. The van der Waals surface area contributed by atoms with Crippen LogP contribution < -0.4 is 0 Å². The summed E-state index contributed by atoms with van der Waals surface area (Å²) in [4.78, 5) is 28.4. The van der Waals surface area contributed by atoms with E-state index in [-0.39, 0.29) is 10.8 Å². The van der Waals surface area contributed by atoms with Crippen molar-refractivity contribution in [1.82, 2.24) is 0 Å². The van der Waals surface area contributed by atoms with Crippen molar-refractivity contribution in [2.24, 2.45) is 4.99 Å². The molecule has 1 aliphatic rings. The Hall–Kier alpha value is -2.23. The number of nitrogens with zero attached hydrogens (tertiary/aromatic N) is 1. The molecule has 0 saturated carbocycles. The van der Waals surface area contributed by atoms with E-state index in [1.807, 2.05) is 0 Å². The van der Waals surface area contributed by atoms with Gasteiger partial charge >= 0.3 is 0 Å². The van der Waals surface area contributed by atoms with E-state index in [9.17, 15) is 9.59 Å². The number of benzene rings is 2. The summed E-state index contributed by atoms with van der Waals surface area (Å²) in [6.07, 6.45) is 1.40. The Balaban J connectivity index is 2.10. The van der Waals surface area contributed by atoms with Crippen LogP contribution in [-0.2, 0) is 0 Å². The summed E-state index contributed by atoms with van der Waals surface area (Å²) in [5.41, 5.74) is 1.67. The minimum atomic E-state index is -0.481. The molecule has 0 spiro atoms. The van der Waals surface area contributed by atoms with Crippen LogP contribution in [0.3, 0.4) is 0 Å². The lowest BCUT2D eigenvalue weighted by atomic mass is 9.94. The molecule has 0 bridgehead atoms. The Labute approximate surface area is 136 Å². The molecule has 0 radical (unpaired) electrons. The Morgan fingerprint density at radius 2 is 1.55 bits per heavy atom. The Kier molecular flexibility index (Phi) is 3.92. The molecule has 2 aromatic carbocycles. The van der Waals surface area contributed by atoms with E-state index in [1.165, 1.54) is 6.08 Å². The fourth-order valence-electron chi connectivity index (χ4n) is 2.19. The number of allylic oxidation sites excluding steroid dienone is 2. The van der Waals surface area contributed by atoms with Crippen molar-refractivity contribution in [3.05, 3.63) is 81.4 Å². The van der Waals surface area contributed by atoms with E-state index in [0.717, 1.165) is 0 Å². The highest BCUT2D eigenvalue weighted by atomic mass is 35.5. The number of carbonyl (C=O) groups excluding carboxylic acids is 2. The van der Waals surface area contributed by atoms with E-state index >= 15 is 0 Å². The predicted octanol–water partition coefficient (Wildman–Crippen LogP) is 4.29. The second kappa shape index (κ2) is 5.87. The molecule has 2 aromatic rings. The molecule has 108 valence electrons. The van der Waals surface area contributed by atoms with Gasteiger partial charge in [-0.25, -0.2) is 4.99 Å². The monoisotopic (exact) mass is 329 g/mol. The molecule has 0 saturated heterocycles. The molecule has 0 atom stereocenters. The lowest BCUT2D eigenvalue weighted by molar-refractivity contribution is 0.1000. The molecule has 0 heterocycles. The minimum Gasteiger partial charge on any atom is -0.288 e. The first-order chi connectivity index (χ1) is 10.6. The van der Waals surface area contributed by atoms with Crippen molar-refractivity contribution in [3.8, 4) is 0 Å². The van der Waals surface area contributed by atoms with E-state index in [0.29, 0.717) is 27.4 Å². The number of aliphatic imine (C=N–C) groups is 1. The highest BCUT2D eigenvalue weighted by molar-refractivity contribution is 6.49. The molecule has 3 rings (SSSR count). The number of Topliss-reactive ketones (excluding diaryl/α,β-unsaturated/α-hetero) is 1. The van der Waals surface area contributed by atoms with Crippen LogP contribution in [0.15, 0.2) is 64.6 Å². The standard InChI is InChI=1S/C17H9Cl2NO2/c18-13-8-4-3-7-12(13)17(22)20-15-9-14(19)16(21)11-6-2-1-5-10(11)15/h1-9H. The molecule has 3 nitrogen and oxygen atoms in total. The first kappa shape index (κ1) is 14.7. The quantitative estimate of drug-likeness (QED) is 0.783. The van der Waals surface area contributed by atoms with E-state index in [4.69, 9.17) is 23.2 Å². The molecule has 0 unspecified atom stereocenters. The smallest absolute Gasteiger partial charge is 0.279 e. The maximum Gasteiger partial charge on any atom is 0.279 e. The van der Waals surface area contributed by atoms with Gasteiger partial charge in [0.1, 0.15) is 0 Å². The summed E-state index contributed by atoms with van der Waals surface area (Å²) >= 11 is 11.9. The molecule has 22 heavy (non-hydrogen) atoms. The number of halogens is 2. The summed E-state index contributed by atoms with van der Waals surface area (Å²) in [6, 6.07) is 13.6. The average Bonchev–Trinajstić information content (AvgIpc) is 2.52. The first-order valence-electron chi connectivity index (χ1n) is 6.47. The highest BCUT2D eigenvalue weighted by Crippen LogP contribution is 2.24. The predicted molar refractivity (Wildman–Crippen MR) is 87.0 cm³/mol. The van der Waals surface area contributed by atoms with Crippen molar-refractivity contribution >= 4 is 40.6 Å². The van der Waals surface area contributed by atoms with Gasteiger partial charge in [0, 0.05) is 11.1 Å². The Morgan fingerprint density at radius 3 is 2.27 bits per heavy atom. The fourth-order valence-corrected chi connectivity index (χ4v) is 2.61. The van der Waals surface area contributed by atoms with Gasteiger partial charge in [-0.05, 0) is 18.2 Å². The fraction of sp³-hybridized carbons (Fsp3) is 0. The number of ketones is 1. The third-order valence-corrected chi connectivity index (χ3v) is 3.86. The van der Waals surface area contributed by atoms with Crippen LogP contribution in [0.25, 0.3) is 0 Å². The van der Waals surface area contributed by atoms with Gasteiger partial charge in [-0.3, -0.25) is 9.59 Å². The van der Waals surface area contributed by atoms with Crippen LogP contribution >= 0.6 is 23.2 Å². The lowest BCUT2D eigenvalue weighted by Crippen LogP contribution is -2.16. The van der Waals surface area contributed by atoms with Gasteiger partial charge < -0.3 is 0 Å². The van der Waals surface area contributed by atoms with Gasteiger partial charge in [0.25, 0.3) is 5.91 Å². The SMILES string of the molecule is O=C(N=C1C=C(Cl)C(=O)c2ccccc21)c1ccccc1Cl. The van der Waals surface area contributed by atoms with Crippen LogP contribution in [0.1, 0.15) is 26.3 Å². The third-order valence-electron chi connectivity index (χ3n) is 3.25. The summed E-state index contributed by atoms with van der Waals surface area (Å²) < 4.78 is 0. The van der Waals surface area contributed by atoms with Gasteiger partial charge in [-0.2, -0.15) is 0 Å². The number of carbonyl (C=O) groups is 2. The highest BCUT2D eigenvalue weighted by Gasteiger charge is 2.23. The molecule has 0 aliphatic heterocycles. The van der Waals surface area contributed by atoms with Crippen molar-refractivity contribution in [2.45, 2.75) is 0 Å². The van der Waals surface area contributed by atoms with Crippen molar-refractivity contribution in [1.29, 1.82) is 0 Å². The van der Waals surface area contributed by atoms with Gasteiger partial charge in [-0.15, -0.1) is 0 Å². The number of fused-ring (bicyclic) bond motifs is 1. The molecular weight excluding hydrogens is 321 g/mol. The van der Waals surface area contributed by atoms with E-state index in [2.05, 4.69) is 4.99 Å². The van der Waals surface area contributed by atoms with Crippen LogP contribution in [0.2, 0.25) is 5.02 Å². The van der Waals surface area contributed by atoms with Crippen LogP contribution in [-0.4, -0.2) is 17.4 Å². The molecule has 1 aliphatic carbocycles. The zero-order valence-corrected chi connectivity index (χ0v) is 12.7. The van der Waals surface area contributed by atoms with E-state index < -0.39 is 5.91 Å². The summed E-state index contributed by atoms with van der Waals surface area (Å²) in [6.45, 7) is 0. The van der Waals surface area contributed by atoms with Crippen LogP contribution in [0.4, 0.5) is 0 Å². The second-order valence-corrected chi connectivity index (χ2v) is 5.46. The number of hydrogen-bond acceptors (Lipinski definition) is 2. The normalized spacial score (nSPS) is 15.5. The summed E-state index contributed by atoms with van der Waals surface area (Å²) in [5, 5.41) is 0.358. The summed E-state index contributed by atoms with van der Waals surface area (Å²) in [5.74, 6) is -0.758. The van der Waals surface area contributed by atoms with Crippen LogP contribution in [0, 0.1) is 0 Å². The Bertz CT molecular complexity index is 853. The number of hydrogen-bond donors (Lipinski definition) is 0. The van der Waals surface area contributed by atoms with Gasteiger partial charge in [0.15, 0.2) is 0 Å². The molecule has 0 fully saturated rings. The third kappa shape index (κ3) is 2.61. The van der Waals surface area contributed by atoms with E-state index in [1.54, 1.807) is 48.5 Å². The molecule has 1 amide bonds. The number of amides is 1. The largest absolute Gasteiger partial charge is 0.288 e. The molecule has 0 N–H and O–H groups in total. The van der Waals surface area contributed by atoms with Crippen molar-refractivity contribution < 1.29 is 9.59 Å². The number of rotatable bonds is 1. The summed E-state index contributed by atoms with van der Waals surface area (Å²) in [7, 11) is 0. The van der Waals surface area contributed by atoms with Gasteiger partial charge in [-0.1, -0.05) is 59.6 Å². The topological polar surface area (TPSA) is 46.5 Å². The molecule has 0 aromatic heterocycles. The zero-order chi connectivity index (χ0) is 15.7. The zero-order valence-electron chi connectivity index (χ0n) is 11.2. The maximum atomic E-state index is 12.3. The second-order valence-electron chi connectivity index (χ2n) is 4.65. The average molecular weight is 330 g/mol. The van der Waals surface area contributed by atoms with Gasteiger partial charge in [0.2, 0.25) is 5.78 Å². The molecule has 5 heteroatoms. The van der Waals surface area contributed by atoms with Gasteiger partial charge in [0.05, 0.1) is 21.3 Å². The lowest BCUT2D eigenvalue weighted by Gasteiger charge is -2.13. The minimum absolute atomic E-state index is 0.0319. The molecular formula is C17H9Cl2NO2.